The number of benzene rings is 1. The van der Waals surface area contributed by atoms with Gasteiger partial charge in [0, 0.05) is 26.1 Å². The molecule has 1 atom stereocenters. The maximum Gasteiger partial charge on any atom is 0.221 e. The van der Waals surface area contributed by atoms with Crippen molar-refractivity contribution in [2.75, 3.05) is 13.6 Å². The Morgan fingerprint density at radius 1 is 1.17 bits per heavy atom. The van der Waals surface area contributed by atoms with Crippen LogP contribution in [0.2, 0.25) is 0 Å². The molecule has 0 spiro atoms. The molecule has 1 unspecified atom stereocenters. The highest BCUT2D eigenvalue weighted by atomic mass is 16.1. The van der Waals surface area contributed by atoms with E-state index in [-0.39, 0.29) is 11.9 Å². The lowest BCUT2D eigenvalue weighted by Crippen LogP contribution is -2.26. The fourth-order valence-corrected chi connectivity index (χ4v) is 2.09. The van der Waals surface area contributed by atoms with Crippen LogP contribution in [0.3, 0.4) is 0 Å². The quantitative estimate of drug-likeness (QED) is 0.840. The van der Waals surface area contributed by atoms with Gasteiger partial charge in [-0.1, -0.05) is 12.1 Å². The van der Waals surface area contributed by atoms with E-state index in [1.807, 2.05) is 0 Å². The van der Waals surface area contributed by atoms with E-state index in [0.29, 0.717) is 13.0 Å². The van der Waals surface area contributed by atoms with Crippen LogP contribution in [0, 0.1) is 20.8 Å². The summed E-state index contributed by atoms with van der Waals surface area (Å²) in [5, 5.41) is 6.02. The number of hydrogen-bond acceptors (Lipinski definition) is 2. The van der Waals surface area contributed by atoms with Gasteiger partial charge in [0.1, 0.15) is 0 Å². The van der Waals surface area contributed by atoms with Crippen LogP contribution in [0.25, 0.3) is 0 Å². The number of hydrogen-bond donors (Lipinski definition) is 2. The molecular weight excluding hydrogens is 224 g/mol. The van der Waals surface area contributed by atoms with Crippen molar-refractivity contribution < 1.29 is 4.79 Å². The van der Waals surface area contributed by atoms with Crippen LogP contribution in [0.15, 0.2) is 12.1 Å². The average Bonchev–Trinajstić information content (AvgIpc) is 2.33. The van der Waals surface area contributed by atoms with Crippen molar-refractivity contribution >= 4 is 5.91 Å². The highest BCUT2D eigenvalue weighted by Gasteiger charge is 2.09. The summed E-state index contributed by atoms with van der Waals surface area (Å²) in [4.78, 5) is 11.1. The normalized spacial score (nSPS) is 12.3. The zero-order valence-corrected chi connectivity index (χ0v) is 12.1. The van der Waals surface area contributed by atoms with Gasteiger partial charge in [0.25, 0.3) is 0 Å². The molecule has 0 saturated carbocycles. The zero-order valence-electron chi connectivity index (χ0n) is 12.1. The van der Waals surface area contributed by atoms with Crippen molar-refractivity contribution in [1.29, 1.82) is 0 Å². The molecule has 1 amide bonds. The third-order valence-corrected chi connectivity index (χ3v) is 3.43. The molecule has 1 aromatic rings. The molecule has 100 valence electrons. The minimum atomic E-state index is 0.0755. The number of nitrogens with one attached hydrogen (secondary N) is 2. The molecule has 0 bridgehead atoms. The Morgan fingerprint density at radius 2 is 1.78 bits per heavy atom. The third-order valence-electron chi connectivity index (χ3n) is 3.43. The van der Waals surface area contributed by atoms with Crippen LogP contribution in [0.1, 0.15) is 41.6 Å². The van der Waals surface area contributed by atoms with E-state index in [9.17, 15) is 4.79 Å². The van der Waals surface area contributed by atoms with Crippen LogP contribution in [-0.2, 0) is 4.79 Å². The molecule has 0 aliphatic rings. The Kier molecular flexibility index (Phi) is 5.35. The molecule has 18 heavy (non-hydrogen) atoms. The van der Waals surface area contributed by atoms with Gasteiger partial charge < -0.3 is 10.6 Å². The number of carbonyl (C=O) groups excluding carboxylic acids is 1. The van der Waals surface area contributed by atoms with Gasteiger partial charge in [-0.05, 0) is 49.9 Å². The standard InChI is InChI=1S/C15H24N2O/c1-10-8-12(3)14(9-11(10)2)13(4)17-7-6-15(18)16-5/h8-9,13,17H,6-7H2,1-5H3,(H,16,18). The summed E-state index contributed by atoms with van der Waals surface area (Å²) in [5.41, 5.74) is 5.26. The fraction of sp³-hybridized carbons (Fsp3) is 0.533. The molecule has 3 heteroatoms. The second-order valence-corrected chi connectivity index (χ2v) is 4.89. The first-order chi connectivity index (χ1) is 8.45. The van der Waals surface area contributed by atoms with Crippen LogP contribution < -0.4 is 10.6 Å². The molecule has 1 rings (SSSR count). The monoisotopic (exact) mass is 248 g/mol. The van der Waals surface area contributed by atoms with Crippen LogP contribution in [0.4, 0.5) is 0 Å². The molecule has 0 aliphatic heterocycles. The van der Waals surface area contributed by atoms with Crippen LogP contribution in [0.5, 0.6) is 0 Å². The van der Waals surface area contributed by atoms with E-state index in [0.717, 1.165) is 0 Å². The molecule has 0 fully saturated rings. The van der Waals surface area contributed by atoms with Gasteiger partial charge in [0.2, 0.25) is 5.91 Å². The largest absolute Gasteiger partial charge is 0.359 e. The summed E-state index contributed by atoms with van der Waals surface area (Å²) in [6, 6.07) is 4.73. The van der Waals surface area contributed by atoms with Crippen molar-refractivity contribution in [2.24, 2.45) is 0 Å². The molecule has 3 nitrogen and oxygen atoms in total. The van der Waals surface area contributed by atoms with Crippen molar-refractivity contribution in [3.8, 4) is 0 Å². The Morgan fingerprint density at radius 3 is 2.39 bits per heavy atom. The van der Waals surface area contributed by atoms with Crippen LogP contribution >= 0.6 is 0 Å². The van der Waals surface area contributed by atoms with E-state index in [2.05, 4.69) is 50.5 Å². The number of rotatable bonds is 5. The minimum Gasteiger partial charge on any atom is -0.359 e. The summed E-state index contributed by atoms with van der Waals surface area (Å²) in [6.07, 6.45) is 0.519. The van der Waals surface area contributed by atoms with Gasteiger partial charge in [-0.15, -0.1) is 0 Å². The lowest BCUT2D eigenvalue weighted by Gasteiger charge is -2.18. The van der Waals surface area contributed by atoms with Gasteiger partial charge in [0.05, 0.1) is 0 Å². The first-order valence-electron chi connectivity index (χ1n) is 6.47. The molecular formula is C15H24N2O. The van der Waals surface area contributed by atoms with Crippen LogP contribution in [-0.4, -0.2) is 19.5 Å². The first kappa shape index (κ1) is 14.7. The summed E-state index contributed by atoms with van der Waals surface area (Å²) >= 11 is 0. The van der Waals surface area contributed by atoms with Crippen molar-refractivity contribution in [3.05, 3.63) is 34.4 Å². The molecule has 0 saturated heterocycles. The SMILES string of the molecule is CNC(=O)CCNC(C)c1cc(C)c(C)cc1C. The van der Waals surface area contributed by atoms with Gasteiger partial charge in [-0.2, -0.15) is 0 Å². The van der Waals surface area contributed by atoms with Gasteiger partial charge in [-0.25, -0.2) is 0 Å². The Labute approximate surface area is 110 Å². The predicted molar refractivity (Wildman–Crippen MR) is 75.8 cm³/mol. The second kappa shape index (κ2) is 6.55. The molecule has 0 aromatic heterocycles. The van der Waals surface area contributed by atoms with E-state index in [1.165, 1.54) is 22.3 Å². The molecule has 0 radical (unpaired) electrons. The van der Waals surface area contributed by atoms with E-state index in [1.54, 1.807) is 7.05 Å². The maximum atomic E-state index is 11.1. The Bertz CT molecular complexity index is 427. The van der Waals surface area contributed by atoms with Crippen molar-refractivity contribution in [3.63, 3.8) is 0 Å². The van der Waals surface area contributed by atoms with Gasteiger partial charge in [-0.3, -0.25) is 4.79 Å². The lowest BCUT2D eigenvalue weighted by molar-refractivity contribution is -0.120. The molecule has 0 heterocycles. The number of aryl methyl sites for hydroxylation is 3. The summed E-state index contributed by atoms with van der Waals surface area (Å²) < 4.78 is 0. The molecule has 2 N–H and O–H groups in total. The predicted octanol–water partition coefficient (Wildman–Crippen LogP) is 2.40. The third kappa shape index (κ3) is 3.84. The minimum absolute atomic E-state index is 0.0755. The second-order valence-electron chi connectivity index (χ2n) is 4.89. The summed E-state index contributed by atoms with van der Waals surface area (Å²) in [5.74, 6) is 0.0755. The van der Waals surface area contributed by atoms with Crippen molar-refractivity contribution in [1.82, 2.24) is 10.6 Å². The summed E-state index contributed by atoms with van der Waals surface area (Å²) in [7, 11) is 1.67. The topological polar surface area (TPSA) is 41.1 Å². The maximum absolute atomic E-state index is 11.1. The number of amides is 1. The average molecular weight is 248 g/mol. The first-order valence-corrected chi connectivity index (χ1v) is 6.47. The van der Waals surface area contributed by atoms with E-state index in [4.69, 9.17) is 0 Å². The van der Waals surface area contributed by atoms with Gasteiger partial charge >= 0.3 is 0 Å². The Hall–Kier alpha value is -1.35. The smallest absolute Gasteiger partial charge is 0.221 e. The van der Waals surface area contributed by atoms with E-state index >= 15 is 0 Å². The molecule has 0 aliphatic carbocycles. The fourth-order valence-electron chi connectivity index (χ4n) is 2.09. The zero-order chi connectivity index (χ0) is 13.7. The van der Waals surface area contributed by atoms with E-state index < -0.39 is 0 Å². The van der Waals surface area contributed by atoms with Crippen molar-refractivity contribution in [2.45, 2.75) is 40.2 Å². The highest BCUT2D eigenvalue weighted by molar-refractivity contribution is 5.75. The summed E-state index contributed by atoms with van der Waals surface area (Å²) in [6.45, 7) is 9.25. The lowest BCUT2D eigenvalue weighted by atomic mass is 9.96. The Balaban J connectivity index is 2.64. The highest BCUT2D eigenvalue weighted by Crippen LogP contribution is 2.21. The van der Waals surface area contributed by atoms with Gasteiger partial charge in [0.15, 0.2) is 0 Å². The molecule has 1 aromatic carbocycles. The number of carbonyl (C=O) groups is 1.